The summed E-state index contributed by atoms with van der Waals surface area (Å²) >= 11 is 0. The van der Waals surface area contributed by atoms with Gasteiger partial charge in [-0.3, -0.25) is 4.90 Å². The lowest BCUT2D eigenvalue weighted by Crippen LogP contribution is -2.18. The highest BCUT2D eigenvalue weighted by Gasteiger charge is 2.16. The lowest BCUT2D eigenvalue weighted by atomic mass is 10.1. The Labute approximate surface area is 168 Å². The van der Waals surface area contributed by atoms with Crippen LogP contribution in [0, 0.1) is 19.7 Å². The molecule has 0 bridgehead atoms. The van der Waals surface area contributed by atoms with E-state index in [1.54, 1.807) is 12.1 Å². The zero-order chi connectivity index (χ0) is 20.4. The molecule has 0 saturated heterocycles. The molecule has 7 heteroatoms. The van der Waals surface area contributed by atoms with Crippen molar-refractivity contribution < 1.29 is 9.02 Å². The van der Waals surface area contributed by atoms with Gasteiger partial charge in [0.25, 0.3) is 0 Å². The molecule has 2 heterocycles. The number of aryl methyl sites for hydroxylation is 2. The third-order valence-corrected chi connectivity index (χ3v) is 4.81. The maximum Gasteiger partial charge on any atom is 0.123 e. The van der Waals surface area contributed by atoms with Crippen LogP contribution < -0.4 is 0 Å². The molecule has 2 aromatic heterocycles. The quantitative estimate of drug-likeness (QED) is 0.490. The van der Waals surface area contributed by atoms with Crippen LogP contribution in [-0.2, 0) is 13.1 Å². The summed E-state index contributed by atoms with van der Waals surface area (Å²) in [7, 11) is 2.01. The third kappa shape index (κ3) is 4.25. The van der Waals surface area contributed by atoms with E-state index in [1.807, 2.05) is 37.0 Å². The first kappa shape index (κ1) is 19.0. The van der Waals surface area contributed by atoms with Crippen molar-refractivity contribution >= 4 is 0 Å². The molecule has 148 valence electrons. The van der Waals surface area contributed by atoms with Gasteiger partial charge in [-0.1, -0.05) is 28.0 Å². The summed E-state index contributed by atoms with van der Waals surface area (Å²) < 4.78 is 20.1. The van der Waals surface area contributed by atoms with Gasteiger partial charge in [0.2, 0.25) is 0 Å². The molecule has 2 aromatic carbocycles. The second kappa shape index (κ2) is 7.97. The molecule has 0 unspecified atom stereocenters. The molecule has 0 N–H and O–H groups in total. The number of benzene rings is 2. The lowest BCUT2D eigenvalue weighted by Gasteiger charge is -2.15. The fourth-order valence-corrected chi connectivity index (χ4v) is 3.20. The van der Waals surface area contributed by atoms with E-state index in [1.165, 1.54) is 17.7 Å². The Balaban J connectivity index is 1.67. The Bertz CT molecular complexity index is 1100. The first-order valence-corrected chi connectivity index (χ1v) is 9.37. The normalized spacial score (nSPS) is 11.3. The molecule has 0 spiro atoms. The largest absolute Gasteiger partial charge is 0.296 e. The number of aromatic nitrogens is 4. The lowest BCUT2D eigenvalue weighted by molar-refractivity contribution is 0.279. The molecule has 0 atom stereocenters. The van der Waals surface area contributed by atoms with Crippen LogP contribution in [0.4, 0.5) is 4.39 Å². The Hall–Kier alpha value is -3.32. The highest BCUT2D eigenvalue weighted by Crippen LogP contribution is 2.25. The summed E-state index contributed by atoms with van der Waals surface area (Å²) in [6, 6.07) is 14.6. The van der Waals surface area contributed by atoms with Crippen molar-refractivity contribution in [1.29, 1.82) is 0 Å². The standard InChI is InChI=1S/C22H22FN5O/c1-15-4-10-20(11-5-15)28-13-18(12-27(3)14-21-16(2)25-29-26-21)22(24-28)17-6-8-19(23)9-7-17/h4-11,13H,12,14H2,1-3H3. The Morgan fingerprint density at radius 3 is 2.34 bits per heavy atom. The molecule has 0 fully saturated rings. The van der Waals surface area contributed by atoms with Crippen LogP contribution >= 0.6 is 0 Å². The van der Waals surface area contributed by atoms with Crippen LogP contribution in [0.5, 0.6) is 0 Å². The van der Waals surface area contributed by atoms with Crippen molar-refractivity contribution in [2.24, 2.45) is 0 Å². The molecule has 4 aromatic rings. The SMILES string of the molecule is Cc1ccc(-n2cc(CN(C)Cc3nonc3C)c(-c3ccc(F)cc3)n2)cc1. The molecule has 0 saturated carbocycles. The number of halogens is 1. The van der Waals surface area contributed by atoms with Gasteiger partial charge in [0.15, 0.2) is 0 Å². The van der Waals surface area contributed by atoms with Crippen molar-refractivity contribution in [2.75, 3.05) is 7.05 Å². The van der Waals surface area contributed by atoms with E-state index in [0.717, 1.165) is 33.9 Å². The zero-order valence-electron chi connectivity index (χ0n) is 16.6. The van der Waals surface area contributed by atoms with E-state index in [0.29, 0.717) is 13.1 Å². The summed E-state index contributed by atoms with van der Waals surface area (Å²) in [6.07, 6.45) is 2.02. The molecule has 0 aliphatic rings. The Kier molecular flexibility index (Phi) is 5.22. The van der Waals surface area contributed by atoms with Gasteiger partial charge in [-0.05, 0) is 57.3 Å². The summed E-state index contributed by atoms with van der Waals surface area (Å²) in [4.78, 5) is 2.12. The van der Waals surface area contributed by atoms with E-state index in [9.17, 15) is 4.39 Å². The predicted octanol–water partition coefficient (Wildman–Crippen LogP) is 4.31. The van der Waals surface area contributed by atoms with E-state index in [4.69, 9.17) is 9.73 Å². The monoisotopic (exact) mass is 391 g/mol. The molecule has 6 nitrogen and oxygen atoms in total. The zero-order valence-corrected chi connectivity index (χ0v) is 16.6. The number of nitrogens with zero attached hydrogens (tertiary/aromatic N) is 5. The van der Waals surface area contributed by atoms with Crippen molar-refractivity contribution in [2.45, 2.75) is 26.9 Å². The maximum absolute atomic E-state index is 13.4. The van der Waals surface area contributed by atoms with Gasteiger partial charge in [-0.25, -0.2) is 13.7 Å². The molecule has 4 rings (SSSR count). The van der Waals surface area contributed by atoms with E-state index < -0.39 is 0 Å². The van der Waals surface area contributed by atoms with Crippen molar-refractivity contribution in [3.8, 4) is 16.9 Å². The van der Waals surface area contributed by atoms with Gasteiger partial charge in [-0.2, -0.15) is 5.10 Å². The molecular weight excluding hydrogens is 369 g/mol. The fourth-order valence-electron chi connectivity index (χ4n) is 3.20. The van der Waals surface area contributed by atoms with Crippen LogP contribution in [0.25, 0.3) is 16.9 Å². The minimum absolute atomic E-state index is 0.264. The fraction of sp³-hybridized carbons (Fsp3) is 0.227. The molecule has 29 heavy (non-hydrogen) atoms. The minimum atomic E-state index is -0.264. The summed E-state index contributed by atoms with van der Waals surface area (Å²) in [5, 5.41) is 12.6. The molecule has 0 radical (unpaired) electrons. The van der Waals surface area contributed by atoms with Gasteiger partial charge in [-0.15, -0.1) is 0 Å². The average Bonchev–Trinajstić information content (AvgIpc) is 3.29. The second-order valence-corrected chi connectivity index (χ2v) is 7.26. The molecule has 0 aliphatic heterocycles. The van der Waals surface area contributed by atoms with Crippen molar-refractivity contribution in [1.82, 2.24) is 25.0 Å². The third-order valence-electron chi connectivity index (χ3n) is 4.81. The number of hydrogen-bond acceptors (Lipinski definition) is 5. The van der Waals surface area contributed by atoms with Gasteiger partial charge in [0.1, 0.15) is 17.2 Å². The average molecular weight is 391 g/mol. The Morgan fingerprint density at radius 2 is 1.69 bits per heavy atom. The van der Waals surface area contributed by atoms with E-state index >= 15 is 0 Å². The van der Waals surface area contributed by atoms with Gasteiger partial charge < -0.3 is 0 Å². The van der Waals surface area contributed by atoms with Gasteiger partial charge in [0.05, 0.1) is 11.4 Å². The van der Waals surface area contributed by atoms with Crippen molar-refractivity contribution in [3.05, 3.63) is 83.1 Å². The summed E-state index contributed by atoms with van der Waals surface area (Å²) in [6.45, 7) is 5.18. The summed E-state index contributed by atoms with van der Waals surface area (Å²) in [5.41, 5.74) is 6.49. The van der Waals surface area contributed by atoms with Crippen LogP contribution in [0.2, 0.25) is 0 Å². The van der Waals surface area contributed by atoms with Crippen LogP contribution in [0.1, 0.15) is 22.5 Å². The Morgan fingerprint density at radius 1 is 0.966 bits per heavy atom. The first-order chi connectivity index (χ1) is 14.0. The second-order valence-electron chi connectivity index (χ2n) is 7.26. The molecular formula is C22H22FN5O. The topological polar surface area (TPSA) is 60.0 Å². The van der Waals surface area contributed by atoms with Gasteiger partial charge in [0, 0.05) is 30.4 Å². The van der Waals surface area contributed by atoms with E-state index in [-0.39, 0.29) is 5.82 Å². The van der Waals surface area contributed by atoms with Crippen LogP contribution in [0.15, 0.2) is 59.4 Å². The van der Waals surface area contributed by atoms with E-state index in [2.05, 4.69) is 34.3 Å². The number of hydrogen-bond donors (Lipinski definition) is 0. The smallest absolute Gasteiger partial charge is 0.123 e. The molecule has 0 aliphatic carbocycles. The summed E-state index contributed by atoms with van der Waals surface area (Å²) in [5.74, 6) is -0.264. The van der Waals surface area contributed by atoms with Crippen molar-refractivity contribution in [3.63, 3.8) is 0 Å². The first-order valence-electron chi connectivity index (χ1n) is 9.37. The van der Waals surface area contributed by atoms with Gasteiger partial charge >= 0.3 is 0 Å². The maximum atomic E-state index is 13.4. The highest BCUT2D eigenvalue weighted by molar-refractivity contribution is 5.63. The molecule has 0 amide bonds. The van der Waals surface area contributed by atoms with Crippen LogP contribution in [-0.4, -0.2) is 32.0 Å². The minimum Gasteiger partial charge on any atom is -0.296 e. The number of rotatable bonds is 6. The highest BCUT2D eigenvalue weighted by atomic mass is 19.1. The predicted molar refractivity (Wildman–Crippen MR) is 108 cm³/mol. The van der Waals surface area contributed by atoms with Crippen LogP contribution in [0.3, 0.4) is 0 Å².